The Morgan fingerprint density at radius 3 is 3.00 bits per heavy atom. The minimum atomic E-state index is -0.146. The molecule has 0 amide bonds. The topological polar surface area (TPSA) is 43.4 Å². The minimum Gasteiger partial charge on any atom is -0.469 e. The Balaban J connectivity index is 2.11. The van der Waals surface area contributed by atoms with Gasteiger partial charge in [0.05, 0.1) is 7.11 Å². The van der Waals surface area contributed by atoms with Gasteiger partial charge in [-0.25, -0.2) is 0 Å². The fourth-order valence-corrected chi connectivity index (χ4v) is 2.00. The average Bonchev–Trinajstić information content (AvgIpc) is 2.17. The maximum absolute atomic E-state index is 11.1. The monoisotopic (exact) mass is 198 g/mol. The van der Waals surface area contributed by atoms with Crippen molar-refractivity contribution in [3.05, 3.63) is 0 Å². The quantitative estimate of drug-likeness (QED) is 0.650. The summed E-state index contributed by atoms with van der Waals surface area (Å²) in [4.78, 5) is 22.0. The molecule has 14 heavy (non-hydrogen) atoms. The van der Waals surface area contributed by atoms with Gasteiger partial charge in [-0.2, -0.15) is 0 Å². The van der Waals surface area contributed by atoms with E-state index in [-0.39, 0.29) is 5.97 Å². The van der Waals surface area contributed by atoms with E-state index in [4.69, 9.17) is 0 Å². The zero-order chi connectivity index (χ0) is 10.4. The Hall–Kier alpha value is -0.860. The third kappa shape index (κ3) is 3.90. The molecule has 0 N–H and O–H groups in total. The van der Waals surface area contributed by atoms with E-state index in [9.17, 15) is 9.59 Å². The van der Waals surface area contributed by atoms with Crippen molar-refractivity contribution in [2.45, 2.75) is 44.9 Å². The van der Waals surface area contributed by atoms with Crippen LogP contribution in [-0.2, 0) is 14.3 Å². The van der Waals surface area contributed by atoms with Gasteiger partial charge in [0.15, 0.2) is 0 Å². The Bertz CT molecular complexity index is 211. The Morgan fingerprint density at radius 1 is 1.57 bits per heavy atom. The van der Waals surface area contributed by atoms with Gasteiger partial charge in [-0.3, -0.25) is 9.59 Å². The van der Waals surface area contributed by atoms with E-state index in [0.717, 1.165) is 38.5 Å². The number of hydrogen-bond acceptors (Lipinski definition) is 3. The van der Waals surface area contributed by atoms with Gasteiger partial charge in [-0.1, -0.05) is 0 Å². The summed E-state index contributed by atoms with van der Waals surface area (Å²) in [5.41, 5.74) is 0. The van der Waals surface area contributed by atoms with Gasteiger partial charge in [-0.15, -0.1) is 0 Å². The maximum atomic E-state index is 11.1. The number of methoxy groups -OCH3 is 1. The molecule has 1 atom stereocenters. The summed E-state index contributed by atoms with van der Waals surface area (Å²) in [6.07, 6.45) is 5.98. The third-order valence-electron chi connectivity index (χ3n) is 2.81. The standard InChI is InChI=1S/C11H18O3/c1-14-11(13)7-3-5-9-4-2-6-10(12)8-9/h9H,2-8H2,1H3/t9-/m1/s1. The number of carbonyl (C=O) groups excluding carboxylic acids is 2. The molecule has 0 saturated heterocycles. The van der Waals surface area contributed by atoms with Crippen molar-refractivity contribution in [3.8, 4) is 0 Å². The van der Waals surface area contributed by atoms with Crippen molar-refractivity contribution in [1.29, 1.82) is 0 Å². The lowest BCUT2D eigenvalue weighted by Gasteiger charge is -2.20. The first-order valence-electron chi connectivity index (χ1n) is 5.31. The number of ketones is 1. The second-order valence-corrected chi connectivity index (χ2v) is 3.97. The molecule has 0 unspecified atom stereocenters. The van der Waals surface area contributed by atoms with Crippen LogP contribution in [-0.4, -0.2) is 18.9 Å². The molecule has 0 spiro atoms. The van der Waals surface area contributed by atoms with Crippen LogP contribution in [0.5, 0.6) is 0 Å². The summed E-state index contributed by atoms with van der Waals surface area (Å²) in [6.45, 7) is 0. The second kappa shape index (κ2) is 5.78. The Morgan fingerprint density at radius 2 is 2.36 bits per heavy atom. The molecule has 0 aromatic carbocycles. The highest BCUT2D eigenvalue weighted by molar-refractivity contribution is 5.79. The molecule has 3 heteroatoms. The van der Waals surface area contributed by atoms with Crippen LogP contribution in [0.3, 0.4) is 0 Å². The molecule has 0 aromatic heterocycles. The van der Waals surface area contributed by atoms with Gasteiger partial charge in [-0.05, 0) is 31.6 Å². The fraction of sp³-hybridized carbons (Fsp3) is 0.818. The zero-order valence-corrected chi connectivity index (χ0v) is 8.75. The number of rotatable bonds is 4. The van der Waals surface area contributed by atoms with Crippen molar-refractivity contribution < 1.29 is 14.3 Å². The first-order valence-corrected chi connectivity index (χ1v) is 5.31. The summed E-state index contributed by atoms with van der Waals surface area (Å²) in [7, 11) is 1.41. The van der Waals surface area contributed by atoms with E-state index < -0.39 is 0 Å². The fourth-order valence-electron chi connectivity index (χ4n) is 2.00. The van der Waals surface area contributed by atoms with Gasteiger partial charge in [0.1, 0.15) is 5.78 Å². The number of hydrogen-bond donors (Lipinski definition) is 0. The normalized spacial score (nSPS) is 22.1. The van der Waals surface area contributed by atoms with Crippen LogP contribution in [0, 0.1) is 5.92 Å². The molecule has 1 rings (SSSR count). The highest BCUT2D eigenvalue weighted by atomic mass is 16.5. The molecule has 0 radical (unpaired) electrons. The predicted molar refractivity (Wildman–Crippen MR) is 52.8 cm³/mol. The maximum Gasteiger partial charge on any atom is 0.305 e. The van der Waals surface area contributed by atoms with Crippen LogP contribution in [0.25, 0.3) is 0 Å². The Kier molecular flexibility index (Phi) is 4.63. The van der Waals surface area contributed by atoms with E-state index in [2.05, 4.69) is 4.74 Å². The van der Waals surface area contributed by atoms with Gasteiger partial charge in [0, 0.05) is 19.3 Å². The molecule has 1 aliphatic carbocycles. The molecule has 0 aliphatic heterocycles. The summed E-state index contributed by atoms with van der Waals surface area (Å²) in [5.74, 6) is 0.757. The molecule has 0 heterocycles. The van der Waals surface area contributed by atoms with E-state index in [1.807, 2.05) is 0 Å². The van der Waals surface area contributed by atoms with E-state index >= 15 is 0 Å². The number of carbonyl (C=O) groups is 2. The number of Topliss-reactive ketones (excluding diaryl/α,β-unsaturated/α-hetero) is 1. The highest BCUT2D eigenvalue weighted by Gasteiger charge is 2.19. The molecule has 0 bridgehead atoms. The van der Waals surface area contributed by atoms with Crippen LogP contribution in [0.1, 0.15) is 44.9 Å². The lowest BCUT2D eigenvalue weighted by Crippen LogP contribution is -2.15. The molecule has 1 saturated carbocycles. The van der Waals surface area contributed by atoms with Crippen LogP contribution in [0.4, 0.5) is 0 Å². The van der Waals surface area contributed by atoms with Gasteiger partial charge in [0.2, 0.25) is 0 Å². The molecule has 80 valence electrons. The van der Waals surface area contributed by atoms with Gasteiger partial charge >= 0.3 is 5.97 Å². The van der Waals surface area contributed by atoms with E-state index in [1.54, 1.807) is 0 Å². The first-order chi connectivity index (χ1) is 6.72. The molecular formula is C11H18O3. The van der Waals surface area contributed by atoms with Crippen LogP contribution in [0.15, 0.2) is 0 Å². The van der Waals surface area contributed by atoms with E-state index in [0.29, 0.717) is 18.1 Å². The zero-order valence-electron chi connectivity index (χ0n) is 8.75. The van der Waals surface area contributed by atoms with E-state index in [1.165, 1.54) is 7.11 Å². The highest BCUT2D eigenvalue weighted by Crippen LogP contribution is 2.25. The smallest absolute Gasteiger partial charge is 0.305 e. The third-order valence-corrected chi connectivity index (χ3v) is 2.81. The SMILES string of the molecule is COC(=O)CCC[C@H]1CCCC(=O)C1. The molecule has 3 nitrogen and oxygen atoms in total. The first kappa shape index (κ1) is 11.2. The molecule has 1 aliphatic rings. The van der Waals surface area contributed by atoms with Gasteiger partial charge < -0.3 is 4.74 Å². The lowest BCUT2D eigenvalue weighted by atomic mass is 9.85. The molecular weight excluding hydrogens is 180 g/mol. The summed E-state index contributed by atoms with van der Waals surface area (Å²) < 4.78 is 4.55. The summed E-state index contributed by atoms with van der Waals surface area (Å²) in [6, 6.07) is 0. The molecule has 0 aromatic rings. The number of esters is 1. The lowest BCUT2D eigenvalue weighted by molar-refractivity contribution is -0.140. The minimum absolute atomic E-state index is 0.146. The predicted octanol–water partition coefficient (Wildman–Crippen LogP) is 2.09. The van der Waals surface area contributed by atoms with Crippen molar-refractivity contribution in [3.63, 3.8) is 0 Å². The number of ether oxygens (including phenoxy) is 1. The van der Waals surface area contributed by atoms with Crippen LogP contribution >= 0.6 is 0 Å². The van der Waals surface area contributed by atoms with Crippen molar-refractivity contribution in [2.24, 2.45) is 5.92 Å². The van der Waals surface area contributed by atoms with Crippen molar-refractivity contribution in [2.75, 3.05) is 7.11 Å². The van der Waals surface area contributed by atoms with Crippen LogP contribution in [0.2, 0.25) is 0 Å². The van der Waals surface area contributed by atoms with Crippen molar-refractivity contribution in [1.82, 2.24) is 0 Å². The Labute approximate surface area is 84.8 Å². The molecule has 1 fully saturated rings. The van der Waals surface area contributed by atoms with Gasteiger partial charge in [0.25, 0.3) is 0 Å². The largest absolute Gasteiger partial charge is 0.469 e. The van der Waals surface area contributed by atoms with Crippen molar-refractivity contribution >= 4 is 11.8 Å². The average molecular weight is 198 g/mol. The summed E-state index contributed by atoms with van der Waals surface area (Å²) >= 11 is 0. The van der Waals surface area contributed by atoms with Crippen LogP contribution < -0.4 is 0 Å². The summed E-state index contributed by atoms with van der Waals surface area (Å²) in [5, 5.41) is 0. The second-order valence-electron chi connectivity index (χ2n) is 3.97.